The van der Waals surface area contributed by atoms with Crippen molar-refractivity contribution >= 4 is 96.2 Å². The number of hydrogen-bond donors (Lipinski definition) is 8. The van der Waals surface area contributed by atoms with Crippen LogP contribution in [-0.4, -0.2) is 276 Å². The van der Waals surface area contributed by atoms with Gasteiger partial charge in [-0.1, -0.05) is 24.3 Å². The summed E-state index contributed by atoms with van der Waals surface area (Å²) in [5.41, 5.74) is -1.31. The molecule has 0 spiro atoms. The number of carboxylic acids is 1. The first-order valence-electron chi connectivity index (χ1n) is 37.1. The third kappa shape index (κ3) is 33.1. The molecule has 0 unspecified atom stereocenters. The van der Waals surface area contributed by atoms with E-state index in [0.717, 1.165) is 44.3 Å². The molecule has 111 heavy (non-hydrogen) atoms. The molecule has 6 rings (SSSR count). The SMILES string of the molecule is COC(=O)[C@H](CNC(=O)c1ccc2c(cnn2CCNC2=NCCCC2)c1)NS(=O)(=O)c1ccc(-c2ccc(S(=O)(=O)NCCNC(=O)[C@H](CCC(=O)OC(C)(C)C)NC(=O)[C@H](CCC(=O)O)NC(=O)CN3CCN(CC(=O)OC(C)(C)C)CCN(CC(=O)OC(C)(C)C)CCN(CC(=O)OC(C)(C)C)CC3)cc2)cc1. The van der Waals surface area contributed by atoms with Crippen LogP contribution in [0, 0.1) is 0 Å². The molecule has 0 aliphatic carbocycles. The fraction of sp³-hybridized carbons (Fsp3) is 0.600. The number of amides is 4. The van der Waals surface area contributed by atoms with Crippen molar-refractivity contribution in [2.24, 2.45) is 4.99 Å². The third-order valence-electron chi connectivity index (χ3n) is 16.9. The number of aromatic nitrogens is 2. The van der Waals surface area contributed by atoms with E-state index in [1.807, 2.05) is 19.4 Å². The van der Waals surface area contributed by atoms with Crippen LogP contribution in [0.4, 0.5) is 0 Å². The molecule has 2 aliphatic heterocycles. The standard InChI is InChI=1S/C75H112N14O20S2/c1-72(2,3)106-64(93)30-27-57(83-70(99)58(26-29-63(91)92)82-62(90)47-85-36-38-86(48-65(94)107-73(4,5)6)40-42-88(50-67(96)109-75(10,11)12)43-41-87(39-37-85)49-66(95)108-74(7,8)9)69(98)78-32-33-81-110(101,102)55-22-17-51(18-23-55)52-19-24-56(25-20-52)111(103,104)84-59(71(100)105-13)46-79-68(97)53-21-28-60-54(44-53)45-80-89(60)35-34-77-61-16-14-15-31-76-61/h17-25,28,44-45,57-59,81,84H,14-16,26-27,29-43,46-50H2,1-13H3,(H,76,77)(H,78,98)(H,79,97)(H,82,90)(H,83,99)(H,91,92)/t57-,58-,59-/m0/s1. The molecule has 4 aromatic rings. The number of fused-ring (bicyclic) bond motifs is 1. The van der Waals surface area contributed by atoms with Gasteiger partial charge in [0.25, 0.3) is 5.91 Å². The summed E-state index contributed by atoms with van der Waals surface area (Å²) in [4.78, 5) is 145. The van der Waals surface area contributed by atoms with Crippen LogP contribution < -0.4 is 36.0 Å². The highest BCUT2D eigenvalue weighted by Crippen LogP contribution is 2.25. The first kappa shape index (κ1) is 90.8. The van der Waals surface area contributed by atoms with Gasteiger partial charge in [0.2, 0.25) is 37.8 Å². The highest BCUT2D eigenvalue weighted by atomic mass is 32.2. The van der Waals surface area contributed by atoms with Crippen LogP contribution >= 0.6 is 0 Å². The van der Waals surface area contributed by atoms with E-state index >= 15 is 0 Å². The highest BCUT2D eigenvalue weighted by Gasteiger charge is 2.33. The summed E-state index contributed by atoms with van der Waals surface area (Å²) < 4.78 is 88.5. The second-order valence-electron chi connectivity index (χ2n) is 31.1. The molecule has 3 aromatic carbocycles. The number of carboxylic acid groups (broad SMARTS) is 1. The van der Waals surface area contributed by atoms with Crippen molar-refractivity contribution in [3.63, 3.8) is 0 Å². The van der Waals surface area contributed by atoms with E-state index in [1.165, 1.54) is 48.5 Å². The van der Waals surface area contributed by atoms with Gasteiger partial charge in [-0.2, -0.15) is 9.82 Å². The number of aliphatic imine (C=N–C) groups is 1. The zero-order valence-electron chi connectivity index (χ0n) is 66.0. The van der Waals surface area contributed by atoms with E-state index in [0.29, 0.717) is 29.6 Å². The number of nitrogens with zero attached hydrogens (tertiary/aromatic N) is 7. The molecule has 0 bridgehead atoms. The Morgan fingerprint density at radius 3 is 1.49 bits per heavy atom. The lowest BCUT2D eigenvalue weighted by Gasteiger charge is -2.34. The number of esters is 5. The maximum absolute atomic E-state index is 14.4. The number of amidine groups is 1. The van der Waals surface area contributed by atoms with Crippen LogP contribution in [0.3, 0.4) is 0 Å². The predicted octanol–water partition coefficient (Wildman–Crippen LogP) is 2.72. The van der Waals surface area contributed by atoms with Gasteiger partial charge in [0.15, 0.2) is 0 Å². The smallest absolute Gasteiger partial charge is 0.325 e. The number of nitrogens with one attached hydrogen (secondary N) is 7. The van der Waals surface area contributed by atoms with Gasteiger partial charge in [-0.3, -0.25) is 77.2 Å². The summed E-state index contributed by atoms with van der Waals surface area (Å²) in [5, 5.41) is 28.7. The fourth-order valence-electron chi connectivity index (χ4n) is 11.7. The van der Waals surface area contributed by atoms with Crippen LogP contribution in [0.15, 0.2) is 87.7 Å². The average Bonchev–Trinajstić information content (AvgIpc) is 1.73. The molecule has 3 atom stereocenters. The number of carbonyl (C=O) groups is 10. The number of carbonyl (C=O) groups excluding carboxylic acids is 9. The van der Waals surface area contributed by atoms with Crippen LogP contribution in [-0.2, 0) is 93.4 Å². The number of sulfonamides is 2. The molecule has 2 aliphatic rings. The van der Waals surface area contributed by atoms with Crippen molar-refractivity contribution in [1.82, 2.24) is 65.4 Å². The molecular formula is C75H112N14O20S2. The predicted molar refractivity (Wildman–Crippen MR) is 412 cm³/mol. The lowest BCUT2D eigenvalue weighted by atomic mass is 10.1. The van der Waals surface area contributed by atoms with Gasteiger partial charge in [0.1, 0.15) is 40.5 Å². The van der Waals surface area contributed by atoms with E-state index < -0.39 is 146 Å². The lowest BCUT2D eigenvalue weighted by molar-refractivity contribution is -0.158. The number of ether oxygens (including phenoxy) is 5. The molecule has 4 amide bonds. The molecule has 1 fully saturated rings. The summed E-state index contributed by atoms with van der Waals surface area (Å²) >= 11 is 0. The Bertz CT molecular complexity index is 4080. The summed E-state index contributed by atoms with van der Waals surface area (Å²) in [6.07, 6.45) is 2.90. The van der Waals surface area contributed by atoms with Gasteiger partial charge in [-0.25, -0.2) is 21.6 Å². The summed E-state index contributed by atoms with van der Waals surface area (Å²) in [5.74, 6) is -6.72. The summed E-state index contributed by atoms with van der Waals surface area (Å²) in [6.45, 7) is 22.3. The Kier molecular flexibility index (Phi) is 33.9. The molecule has 8 N–H and O–H groups in total. The Labute approximate surface area is 650 Å². The highest BCUT2D eigenvalue weighted by molar-refractivity contribution is 7.89. The van der Waals surface area contributed by atoms with Gasteiger partial charge in [0, 0.05) is 115 Å². The molecule has 614 valence electrons. The van der Waals surface area contributed by atoms with Crippen molar-refractivity contribution < 1.29 is 93.6 Å². The third-order valence-corrected chi connectivity index (χ3v) is 19.9. The molecule has 0 saturated carbocycles. The molecule has 34 nitrogen and oxygen atoms in total. The van der Waals surface area contributed by atoms with Gasteiger partial charge in [-0.15, -0.1) is 0 Å². The average molecular weight is 1590 g/mol. The first-order valence-corrected chi connectivity index (χ1v) is 40.1. The van der Waals surface area contributed by atoms with Gasteiger partial charge in [-0.05, 0) is 162 Å². The van der Waals surface area contributed by atoms with E-state index in [9.17, 15) is 69.9 Å². The van der Waals surface area contributed by atoms with Crippen molar-refractivity contribution in [1.29, 1.82) is 0 Å². The maximum Gasteiger partial charge on any atom is 0.325 e. The Morgan fingerprint density at radius 2 is 1.01 bits per heavy atom. The van der Waals surface area contributed by atoms with Crippen molar-refractivity contribution in [2.75, 3.05) is 118 Å². The molecule has 1 aromatic heterocycles. The minimum absolute atomic E-state index is 0.0914. The zero-order chi connectivity index (χ0) is 82.1. The number of rotatable bonds is 34. The number of hydrogen-bond acceptors (Lipinski definition) is 26. The van der Waals surface area contributed by atoms with Crippen LogP contribution in [0.2, 0.25) is 0 Å². The van der Waals surface area contributed by atoms with E-state index in [2.05, 4.69) is 46.1 Å². The normalized spacial score (nSPS) is 15.9. The van der Waals surface area contributed by atoms with Crippen molar-refractivity contribution in [2.45, 2.75) is 185 Å². The summed E-state index contributed by atoms with van der Waals surface area (Å²) in [6, 6.07) is 11.4. The van der Waals surface area contributed by atoms with E-state index in [-0.39, 0.29) is 113 Å². The van der Waals surface area contributed by atoms with Gasteiger partial charge >= 0.3 is 35.8 Å². The Balaban J connectivity index is 1.08. The maximum atomic E-state index is 14.4. The first-order chi connectivity index (χ1) is 51.9. The lowest BCUT2D eigenvalue weighted by Crippen LogP contribution is -2.56. The largest absolute Gasteiger partial charge is 0.481 e. The zero-order valence-corrected chi connectivity index (χ0v) is 67.6. The quantitative estimate of drug-likeness (QED) is 0.0189. The number of methoxy groups -OCH3 is 1. The van der Waals surface area contributed by atoms with Crippen LogP contribution in [0.25, 0.3) is 22.0 Å². The Morgan fingerprint density at radius 1 is 0.532 bits per heavy atom. The molecular weight excluding hydrogens is 1480 g/mol. The number of benzene rings is 3. The number of aliphatic carboxylic acids is 1. The summed E-state index contributed by atoms with van der Waals surface area (Å²) in [7, 11) is -7.59. The minimum Gasteiger partial charge on any atom is -0.481 e. The van der Waals surface area contributed by atoms with Crippen molar-refractivity contribution in [3.05, 3.63) is 78.5 Å². The Hall–Kier alpha value is -9.04. The molecule has 3 heterocycles. The van der Waals surface area contributed by atoms with E-state index in [1.54, 1.807) is 112 Å². The molecule has 36 heteroatoms. The monoisotopic (exact) mass is 1590 g/mol. The van der Waals surface area contributed by atoms with Crippen LogP contribution in [0.1, 0.15) is 138 Å². The van der Waals surface area contributed by atoms with Crippen molar-refractivity contribution in [3.8, 4) is 11.1 Å². The second-order valence-corrected chi connectivity index (χ2v) is 34.6. The second kappa shape index (κ2) is 41.5. The minimum atomic E-state index is -4.41. The topological polar surface area (TPSA) is 433 Å². The molecule has 1 saturated heterocycles. The van der Waals surface area contributed by atoms with Gasteiger partial charge < -0.3 is 55.4 Å². The van der Waals surface area contributed by atoms with E-state index in [4.69, 9.17) is 23.7 Å². The van der Waals surface area contributed by atoms with Crippen LogP contribution in [0.5, 0.6) is 0 Å². The molecule has 0 radical (unpaired) electrons. The van der Waals surface area contributed by atoms with Gasteiger partial charge in [0.05, 0.1) is 67.2 Å². The fourth-order valence-corrected chi connectivity index (χ4v) is 13.9.